The van der Waals surface area contributed by atoms with E-state index in [-0.39, 0.29) is 6.61 Å². The standard InChI is InChI=1S/C12H18FNO2/c1-3-7-14-8-5-6-10(9-14)11(13)12(15)16-4-2/h3H,1,4-9H2,2H3/b11-10+. The average molecular weight is 227 g/mol. The van der Waals surface area contributed by atoms with Gasteiger partial charge in [0.2, 0.25) is 5.83 Å². The Morgan fingerprint density at radius 2 is 2.44 bits per heavy atom. The van der Waals surface area contributed by atoms with Gasteiger partial charge in [0.1, 0.15) is 0 Å². The Balaban J connectivity index is 2.66. The molecule has 0 N–H and O–H groups in total. The number of ether oxygens (including phenoxy) is 1. The third kappa shape index (κ3) is 3.45. The molecule has 1 rings (SSSR count). The number of hydrogen-bond donors (Lipinski definition) is 0. The summed E-state index contributed by atoms with van der Waals surface area (Å²) in [6.45, 7) is 7.66. The van der Waals surface area contributed by atoms with E-state index < -0.39 is 11.8 Å². The molecule has 0 bridgehead atoms. The average Bonchev–Trinajstić information content (AvgIpc) is 2.29. The molecule has 0 saturated carbocycles. The zero-order valence-corrected chi connectivity index (χ0v) is 9.67. The summed E-state index contributed by atoms with van der Waals surface area (Å²) in [6.07, 6.45) is 3.29. The molecule has 0 unspecified atom stereocenters. The third-order valence-electron chi connectivity index (χ3n) is 2.52. The van der Waals surface area contributed by atoms with E-state index in [2.05, 4.69) is 16.2 Å². The molecular formula is C12H18FNO2. The Kier molecular flexibility index (Phi) is 5.19. The first-order valence-electron chi connectivity index (χ1n) is 5.57. The molecule has 0 atom stereocenters. The van der Waals surface area contributed by atoms with Crippen LogP contribution in [0.25, 0.3) is 0 Å². The van der Waals surface area contributed by atoms with Crippen molar-refractivity contribution >= 4 is 5.97 Å². The molecule has 0 aromatic rings. The van der Waals surface area contributed by atoms with Crippen LogP contribution in [0.1, 0.15) is 19.8 Å². The molecule has 1 aliphatic heterocycles. The molecule has 1 aliphatic rings. The van der Waals surface area contributed by atoms with Gasteiger partial charge in [0.15, 0.2) is 0 Å². The quantitative estimate of drug-likeness (QED) is 0.418. The lowest BCUT2D eigenvalue weighted by Gasteiger charge is -2.27. The molecule has 0 aromatic heterocycles. The predicted octanol–water partition coefficient (Wildman–Crippen LogP) is 2.05. The van der Waals surface area contributed by atoms with Crippen LogP contribution in [0.5, 0.6) is 0 Å². The van der Waals surface area contributed by atoms with Gasteiger partial charge in [0.25, 0.3) is 0 Å². The summed E-state index contributed by atoms with van der Waals surface area (Å²) in [5.41, 5.74) is 0.548. The van der Waals surface area contributed by atoms with Gasteiger partial charge in [-0.1, -0.05) is 6.08 Å². The Morgan fingerprint density at radius 1 is 1.69 bits per heavy atom. The summed E-state index contributed by atoms with van der Waals surface area (Å²) in [4.78, 5) is 13.3. The molecule has 0 spiro atoms. The second-order valence-corrected chi connectivity index (χ2v) is 3.77. The van der Waals surface area contributed by atoms with Crippen molar-refractivity contribution in [1.82, 2.24) is 4.90 Å². The highest BCUT2D eigenvalue weighted by Gasteiger charge is 2.21. The van der Waals surface area contributed by atoms with E-state index in [4.69, 9.17) is 0 Å². The number of nitrogens with zero attached hydrogens (tertiary/aromatic N) is 1. The lowest BCUT2D eigenvalue weighted by molar-refractivity contribution is -0.140. The monoisotopic (exact) mass is 227 g/mol. The minimum absolute atomic E-state index is 0.204. The minimum atomic E-state index is -0.835. The van der Waals surface area contributed by atoms with Gasteiger partial charge in [-0.3, -0.25) is 4.90 Å². The van der Waals surface area contributed by atoms with Crippen LogP contribution in [-0.4, -0.2) is 37.1 Å². The van der Waals surface area contributed by atoms with Crippen molar-refractivity contribution < 1.29 is 13.9 Å². The van der Waals surface area contributed by atoms with Crippen molar-refractivity contribution in [3.05, 3.63) is 24.1 Å². The van der Waals surface area contributed by atoms with E-state index in [0.717, 1.165) is 19.5 Å². The molecule has 1 heterocycles. The maximum atomic E-state index is 13.6. The number of halogens is 1. The normalized spacial score (nSPS) is 20.4. The maximum absolute atomic E-state index is 13.6. The largest absolute Gasteiger partial charge is 0.461 e. The van der Waals surface area contributed by atoms with Gasteiger partial charge in [-0.15, -0.1) is 6.58 Å². The molecular weight excluding hydrogens is 209 g/mol. The number of carbonyl (C=O) groups is 1. The summed E-state index contributed by atoms with van der Waals surface area (Å²) < 4.78 is 18.3. The van der Waals surface area contributed by atoms with Gasteiger partial charge in [-0.25, -0.2) is 4.79 Å². The van der Waals surface area contributed by atoms with E-state index in [1.54, 1.807) is 13.0 Å². The molecule has 0 amide bonds. The zero-order valence-electron chi connectivity index (χ0n) is 9.67. The van der Waals surface area contributed by atoms with Crippen molar-refractivity contribution in [2.24, 2.45) is 0 Å². The van der Waals surface area contributed by atoms with Crippen LogP contribution in [0, 0.1) is 0 Å². The topological polar surface area (TPSA) is 29.5 Å². The van der Waals surface area contributed by atoms with Crippen molar-refractivity contribution in [3.8, 4) is 0 Å². The summed E-state index contributed by atoms with van der Waals surface area (Å²) in [6, 6.07) is 0. The SMILES string of the molecule is C=CCN1CCC/C(=C(\F)C(=O)OCC)C1. The second kappa shape index (κ2) is 6.43. The van der Waals surface area contributed by atoms with Crippen LogP contribution >= 0.6 is 0 Å². The van der Waals surface area contributed by atoms with Crippen LogP contribution in [0.15, 0.2) is 24.1 Å². The Labute approximate surface area is 95.6 Å². The molecule has 4 heteroatoms. The first-order valence-corrected chi connectivity index (χ1v) is 5.57. The van der Waals surface area contributed by atoms with Gasteiger partial charge in [0.05, 0.1) is 6.61 Å². The van der Waals surface area contributed by atoms with Gasteiger partial charge in [-0.05, 0) is 31.9 Å². The number of carbonyl (C=O) groups excluding carboxylic acids is 1. The Morgan fingerprint density at radius 3 is 3.06 bits per heavy atom. The lowest BCUT2D eigenvalue weighted by atomic mass is 10.0. The Bertz CT molecular complexity index is 299. The van der Waals surface area contributed by atoms with E-state index >= 15 is 0 Å². The summed E-state index contributed by atoms with van der Waals surface area (Å²) in [5.74, 6) is -1.55. The molecule has 0 radical (unpaired) electrons. The number of rotatable bonds is 4. The predicted molar refractivity (Wildman–Crippen MR) is 60.6 cm³/mol. The van der Waals surface area contributed by atoms with Crippen molar-refractivity contribution in [3.63, 3.8) is 0 Å². The number of piperidine rings is 1. The summed E-state index contributed by atoms with van der Waals surface area (Å²) >= 11 is 0. The van der Waals surface area contributed by atoms with E-state index in [9.17, 15) is 9.18 Å². The minimum Gasteiger partial charge on any atom is -0.461 e. The van der Waals surface area contributed by atoms with E-state index in [0.29, 0.717) is 18.5 Å². The van der Waals surface area contributed by atoms with E-state index in [1.807, 2.05) is 0 Å². The number of likely N-dealkylation sites (tertiary alicyclic amines) is 1. The van der Waals surface area contributed by atoms with Crippen molar-refractivity contribution in [2.75, 3.05) is 26.2 Å². The van der Waals surface area contributed by atoms with Gasteiger partial charge >= 0.3 is 5.97 Å². The molecule has 0 aromatic carbocycles. The molecule has 1 fully saturated rings. The fourth-order valence-corrected chi connectivity index (χ4v) is 1.80. The fraction of sp³-hybridized carbons (Fsp3) is 0.583. The van der Waals surface area contributed by atoms with Crippen LogP contribution in [0.4, 0.5) is 4.39 Å². The second-order valence-electron chi connectivity index (χ2n) is 3.77. The number of hydrogen-bond acceptors (Lipinski definition) is 3. The Hall–Kier alpha value is -1.16. The highest BCUT2D eigenvalue weighted by molar-refractivity contribution is 5.86. The van der Waals surface area contributed by atoms with Crippen molar-refractivity contribution in [2.45, 2.75) is 19.8 Å². The third-order valence-corrected chi connectivity index (χ3v) is 2.52. The van der Waals surface area contributed by atoms with Crippen molar-refractivity contribution in [1.29, 1.82) is 0 Å². The molecule has 90 valence electrons. The van der Waals surface area contributed by atoms with Gasteiger partial charge in [-0.2, -0.15) is 4.39 Å². The first kappa shape index (κ1) is 12.9. The van der Waals surface area contributed by atoms with Crippen LogP contribution < -0.4 is 0 Å². The molecule has 3 nitrogen and oxygen atoms in total. The van der Waals surface area contributed by atoms with Crippen LogP contribution in [-0.2, 0) is 9.53 Å². The maximum Gasteiger partial charge on any atom is 0.367 e. The van der Waals surface area contributed by atoms with Crippen LogP contribution in [0.2, 0.25) is 0 Å². The lowest BCUT2D eigenvalue weighted by Crippen LogP contribution is -2.32. The first-order chi connectivity index (χ1) is 7.69. The smallest absolute Gasteiger partial charge is 0.367 e. The zero-order chi connectivity index (χ0) is 12.0. The summed E-state index contributed by atoms with van der Waals surface area (Å²) in [7, 11) is 0. The van der Waals surface area contributed by atoms with Crippen LogP contribution in [0.3, 0.4) is 0 Å². The van der Waals surface area contributed by atoms with E-state index in [1.165, 1.54) is 0 Å². The highest BCUT2D eigenvalue weighted by atomic mass is 19.1. The molecule has 1 saturated heterocycles. The fourth-order valence-electron chi connectivity index (χ4n) is 1.80. The van der Waals surface area contributed by atoms with Gasteiger partial charge < -0.3 is 4.74 Å². The molecule has 16 heavy (non-hydrogen) atoms. The van der Waals surface area contributed by atoms with Gasteiger partial charge in [0, 0.05) is 13.1 Å². The highest BCUT2D eigenvalue weighted by Crippen LogP contribution is 2.20. The number of esters is 1. The summed E-state index contributed by atoms with van der Waals surface area (Å²) in [5, 5.41) is 0. The molecule has 0 aliphatic carbocycles.